The van der Waals surface area contributed by atoms with E-state index in [1.807, 2.05) is 11.5 Å². The third-order valence-corrected chi connectivity index (χ3v) is 4.45. The van der Waals surface area contributed by atoms with Crippen LogP contribution in [0.2, 0.25) is 0 Å². The van der Waals surface area contributed by atoms with Crippen molar-refractivity contribution in [3.8, 4) is 0 Å². The number of aryl methyl sites for hydroxylation is 2. The second kappa shape index (κ2) is 5.66. The topological polar surface area (TPSA) is 70.1 Å². The summed E-state index contributed by atoms with van der Waals surface area (Å²) in [4.78, 5) is 18.5. The molecule has 2 N–H and O–H groups in total. The van der Waals surface area contributed by atoms with Gasteiger partial charge in [-0.1, -0.05) is 6.92 Å². The zero-order chi connectivity index (χ0) is 14.9. The standard InChI is InChI=1S/C14H19N3O2S/c1-5-11-16-12(14(18)19-4)13(15)17(11)9(3)10-7-6-8(2)20-10/h6-7,9H,5,15H2,1-4H3. The smallest absolute Gasteiger partial charge is 0.360 e. The number of esters is 1. The monoisotopic (exact) mass is 293 g/mol. The van der Waals surface area contributed by atoms with E-state index in [0.29, 0.717) is 12.2 Å². The van der Waals surface area contributed by atoms with Crippen molar-refractivity contribution in [3.05, 3.63) is 33.4 Å². The summed E-state index contributed by atoms with van der Waals surface area (Å²) in [6.07, 6.45) is 0.704. The molecule has 2 aromatic heterocycles. The lowest BCUT2D eigenvalue weighted by molar-refractivity contribution is 0.0595. The van der Waals surface area contributed by atoms with Gasteiger partial charge in [0.15, 0.2) is 5.69 Å². The van der Waals surface area contributed by atoms with Crippen LogP contribution < -0.4 is 5.73 Å². The first-order valence-corrected chi connectivity index (χ1v) is 7.32. The highest BCUT2D eigenvalue weighted by atomic mass is 32.1. The van der Waals surface area contributed by atoms with Crippen molar-refractivity contribution in [1.29, 1.82) is 0 Å². The molecule has 2 aromatic rings. The number of aromatic nitrogens is 2. The number of nitrogens with zero attached hydrogens (tertiary/aromatic N) is 2. The maximum Gasteiger partial charge on any atom is 0.360 e. The number of hydrogen-bond acceptors (Lipinski definition) is 5. The predicted octanol–water partition coefficient (Wildman–Crippen LogP) is 2.79. The normalized spacial score (nSPS) is 12.4. The Hall–Kier alpha value is -1.82. The van der Waals surface area contributed by atoms with E-state index in [1.54, 1.807) is 11.3 Å². The summed E-state index contributed by atoms with van der Waals surface area (Å²) in [5.41, 5.74) is 6.30. The van der Waals surface area contributed by atoms with E-state index in [-0.39, 0.29) is 11.7 Å². The first kappa shape index (κ1) is 14.6. The van der Waals surface area contributed by atoms with E-state index in [0.717, 1.165) is 5.82 Å². The van der Waals surface area contributed by atoms with Crippen LogP contribution in [0.1, 0.15) is 46.0 Å². The van der Waals surface area contributed by atoms with Crippen LogP contribution in [0.5, 0.6) is 0 Å². The molecule has 0 spiro atoms. The Bertz CT molecular complexity index is 630. The second-order valence-corrected chi connectivity index (χ2v) is 5.92. The molecule has 0 fully saturated rings. The van der Waals surface area contributed by atoms with Crippen LogP contribution in [0.25, 0.3) is 0 Å². The fourth-order valence-corrected chi connectivity index (χ4v) is 3.15. The first-order chi connectivity index (χ1) is 9.49. The summed E-state index contributed by atoms with van der Waals surface area (Å²) in [5, 5.41) is 0. The average Bonchev–Trinajstić information content (AvgIpc) is 3.01. The van der Waals surface area contributed by atoms with Crippen LogP contribution in [-0.2, 0) is 11.2 Å². The van der Waals surface area contributed by atoms with Gasteiger partial charge in [-0.2, -0.15) is 0 Å². The van der Waals surface area contributed by atoms with Crippen LogP contribution in [0.4, 0.5) is 5.82 Å². The Balaban J connectivity index is 2.50. The molecule has 1 unspecified atom stereocenters. The lowest BCUT2D eigenvalue weighted by Crippen LogP contribution is -2.13. The summed E-state index contributed by atoms with van der Waals surface area (Å²) in [7, 11) is 1.33. The highest BCUT2D eigenvalue weighted by molar-refractivity contribution is 7.12. The number of carbonyl (C=O) groups excluding carboxylic acids is 1. The molecule has 0 saturated carbocycles. The third-order valence-electron chi connectivity index (χ3n) is 3.28. The van der Waals surface area contributed by atoms with Crippen molar-refractivity contribution in [2.45, 2.75) is 33.2 Å². The number of ether oxygens (including phenoxy) is 1. The molecular weight excluding hydrogens is 274 g/mol. The maximum atomic E-state index is 11.7. The molecule has 2 rings (SSSR count). The van der Waals surface area contributed by atoms with Crippen molar-refractivity contribution in [1.82, 2.24) is 9.55 Å². The molecule has 108 valence electrons. The van der Waals surface area contributed by atoms with Gasteiger partial charge in [-0.15, -0.1) is 11.3 Å². The Morgan fingerprint density at radius 2 is 2.25 bits per heavy atom. The summed E-state index contributed by atoms with van der Waals surface area (Å²) in [6, 6.07) is 4.22. The lowest BCUT2D eigenvalue weighted by Gasteiger charge is -2.16. The van der Waals surface area contributed by atoms with Crippen LogP contribution >= 0.6 is 11.3 Å². The number of nitrogen functional groups attached to an aromatic ring is 1. The quantitative estimate of drug-likeness (QED) is 0.880. The van der Waals surface area contributed by atoms with Gasteiger partial charge in [0.25, 0.3) is 0 Å². The number of hydrogen-bond donors (Lipinski definition) is 1. The minimum atomic E-state index is -0.495. The molecule has 2 heterocycles. The van der Waals surface area contributed by atoms with Crippen molar-refractivity contribution < 1.29 is 9.53 Å². The molecule has 0 amide bonds. The molecule has 0 aliphatic heterocycles. The van der Waals surface area contributed by atoms with Gasteiger partial charge in [0.1, 0.15) is 11.6 Å². The van der Waals surface area contributed by atoms with Crippen LogP contribution in [0, 0.1) is 6.92 Å². The molecule has 0 aliphatic rings. The molecule has 0 aromatic carbocycles. The number of nitrogens with two attached hydrogens (primary N) is 1. The largest absolute Gasteiger partial charge is 0.464 e. The number of thiophene rings is 1. The van der Waals surface area contributed by atoms with E-state index in [9.17, 15) is 4.79 Å². The van der Waals surface area contributed by atoms with E-state index in [1.165, 1.54) is 16.9 Å². The van der Waals surface area contributed by atoms with Crippen LogP contribution in [-0.4, -0.2) is 22.6 Å². The van der Waals surface area contributed by atoms with Gasteiger partial charge in [-0.05, 0) is 26.0 Å². The zero-order valence-electron chi connectivity index (χ0n) is 12.1. The van der Waals surface area contributed by atoms with Crippen LogP contribution in [0.15, 0.2) is 12.1 Å². The van der Waals surface area contributed by atoms with Crippen molar-refractivity contribution in [2.24, 2.45) is 0 Å². The SMILES string of the molecule is CCc1nc(C(=O)OC)c(N)n1C(C)c1ccc(C)s1. The van der Waals surface area contributed by atoms with E-state index < -0.39 is 5.97 Å². The minimum absolute atomic E-state index is 0.0505. The van der Waals surface area contributed by atoms with Gasteiger partial charge >= 0.3 is 5.97 Å². The molecule has 0 saturated heterocycles. The fourth-order valence-electron chi connectivity index (χ4n) is 2.23. The average molecular weight is 293 g/mol. The number of rotatable bonds is 4. The van der Waals surface area contributed by atoms with Gasteiger partial charge in [0.2, 0.25) is 0 Å². The highest BCUT2D eigenvalue weighted by Crippen LogP contribution is 2.30. The Labute approximate surface area is 122 Å². The van der Waals surface area contributed by atoms with Gasteiger partial charge in [-0.3, -0.25) is 0 Å². The molecule has 0 radical (unpaired) electrons. The van der Waals surface area contributed by atoms with Gasteiger partial charge < -0.3 is 15.0 Å². The number of methoxy groups -OCH3 is 1. The molecule has 0 bridgehead atoms. The van der Waals surface area contributed by atoms with Gasteiger partial charge in [-0.25, -0.2) is 9.78 Å². The van der Waals surface area contributed by atoms with Gasteiger partial charge in [0, 0.05) is 16.2 Å². The first-order valence-electron chi connectivity index (χ1n) is 6.50. The predicted molar refractivity (Wildman–Crippen MR) is 80.2 cm³/mol. The van der Waals surface area contributed by atoms with Crippen molar-refractivity contribution in [3.63, 3.8) is 0 Å². The third kappa shape index (κ3) is 2.43. The zero-order valence-corrected chi connectivity index (χ0v) is 13.0. The maximum absolute atomic E-state index is 11.7. The second-order valence-electron chi connectivity index (χ2n) is 4.60. The Morgan fingerprint density at radius 3 is 2.75 bits per heavy atom. The number of carbonyl (C=O) groups is 1. The van der Waals surface area contributed by atoms with E-state index >= 15 is 0 Å². The summed E-state index contributed by atoms with van der Waals surface area (Å²) in [5.74, 6) is 0.666. The van der Waals surface area contributed by atoms with Gasteiger partial charge in [0.05, 0.1) is 13.2 Å². The Morgan fingerprint density at radius 1 is 1.55 bits per heavy atom. The summed E-state index contributed by atoms with van der Waals surface area (Å²) >= 11 is 1.72. The van der Waals surface area contributed by atoms with Crippen molar-refractivity contribution >= 4 is 23.1 Å². The molecule has 1 atom stereocenters. The lowest BCUT2D eigenvalue weighted by atomic mass is 10.2. The molecule has 6 heteroatoms. The minimum Gasteiger partial charge on any atom is -0.464 e. The molecular formula is C14H19N3O2S. The summed E-state index contributed by atoms with van der Waals surface area (Å²) < 4.78 is 6.64. The van der Waals surface area contributed by atoms with E-state index in [2.05, 4.69) is 31.0 Å². The number of imidazole rings is 1. The highest BCUT2D eigenvalue weighted by Gasteiger charge is 2.24. The fraction of sp³-hybridized carbons (Fsp3) is 0.429. The van der Waals surface area contributed by atoms with E-state index in [4.69, 9.17) is 10.5 Å². The Kier molecular flexibility index (Phi) is 4.13. The van der Waals surface area contributed by atoms with Crippen LogP contribution in [0.3, 0.4) is 0 Å². The molecule has 20 heavy (non-hydrogen) atoms. The molecule has 5 nitrogen and oxygen atoms in total. The summed E-state index contributed by atoms with van der Waals surface area (Å²) in [6.45, 7) is 6.12. The number of anilines is 1. The van der Waals surface area contributed by atoms with Crippen molar-refractivity contribution in [2.75, 3.05) is 12.8 Å². The molecule has 0 aliphatic carbocycles.